The Morgan fingerprint density at radius 3 is 2.68 bits per heavy atom. The molecular weight excluding hydrogens is 317 g/mol. The van der Waals surface area contributed by atoms with E-state index in [0.717, 1.165) is 38.0 Å². The first-order valence-corrected chi connectivity index (χ1v) is 8.96. The Kier molecular flexibility index (Phi) is 5.92. The standard InChI is InChI=1S/C21H26FNO2/c1-25-21-13-18(8-11-20(21)24)15-23-12-2-3-17(14-23)5-4-16-6-9-19(22)10-7-16/h6-11,13,17,24H,2-5,12,14-15H2,1H3/t17-/m1/s1. The van der Waals surface area contributed by atoms with E-state index < -0.39 is 0 Å². The molecule has 3 rings (SSSR count). The third kappa shape index (κ3) is 4.95. The number of hydrogen-bond acceptors (Lipinski definition) is 3. The lowest BCUT2D eigenvalue weighted by atomic mass is 9.91. The highest BCUT2D eigenvalue weighted by atomic mass is 19.1. The molecule has 4 heteroatoms. The van der Waals surface area contributed by atoms with Gasteiger partial charge in [-0.1, -0.05) is 18.2 Å². The average Bonchev–Trinajstić information content (AvgIpc) is 2.63. The van der Waals surface area contributed by atoms with Gasteiger partial charge in [0.2, 0.25) is 0 Å². The summed E-state index contributed by atoms with van der Waals surface area (Å²) < 4.78 is 18.2. The summed E-state index contributed by atoms with van der Waals surface area (Å²) in [6.07, 6.45) is 4.62. The number of aromatic hydroxyl groups is 1. The number of halogens is 1. The second-order valence-corrected chi connectivity index (χ2v) is 6.91. The highest BCUT2D eigenvalue weighted by molar-refractivity contribution is 5.41. The first kappa shape index (κ1) is 17.7. The molecule has 0 bridgehead atoms. The van der Waals surface area contributed by atoms with Crippen LogP contribution in [0.1, 0.15) is 30.4 Å². The van der Waals surface area contributed by atoms with Crippen LogP contribution in [0.2, 0.25) is 0 Å². The molecule has 0 saturated carbocycles. The fraction of sp³-hybridized carbons (Fsp3) is 0.429. The molecule has 0 amide bonds. The van der Waals surface area contributed by atoms with Gasteiger partial charge in [0.15, 0.2) is 11.5 Å². The van der Waals surface area contributed by atoms with Crippen molar-refractivity contribution >= 4 is 0 Å². The molecule has 1 saturated heterocycles. The zero-order chi connectivity index (χ0) is 17.6. The largest absolute Gasteiger partial charge is 0.504 e. The Morgan fingerprint density at radius 1 is 1.16 bits per heavy atom. The number of phenolic OH excluding ortho intramolecular Hbond substituents is 1. The molecule has 2 aromatic rings. The summed E-state index contributed by atoms with van der Waals surface area (Å²) in [6.45, 7) is 3.07. The first-order chi connectivity index (χ1) is 12.1. The molecule has 1 fully saturated rings. The van der Waals surface area contributed by atoms with Crippen LogP contribution in [-0.2, 0) is 13.0 Å². The van der Waals surface area contributed by atoms with Crippen molar-refractivity contribution < 1.29 is 14.2 Å². The van der Waals surface area contributed by atoms with E-state index in [1.165, 1.54) is 18.4 Å². The fourth-order valence-corrected chi connectivity index (χ4v) is 3.63. The van der Waals surface area contributed by atoms with Gasteiger partial charge in [-0.25, -0.2) is 4.39 Å². The Labute approximate surface area is 149 Å². The average molecular weight is 343 g/mol. The summed E-state index contributed by atoms with van der Waals surface area (Å²) in [5.74, 6) is 1.22. The predicted octanol–water partition coefficient (Wildman–Crippen LogP) is 4.38. The van der Waals surface area contributed by atoms with E-state index in [-0.39, 0.29) is 11.6 Å². The number of nitrogens with zero attached hydrogens (tertiary/aromatic N) is 1. The van der Waals surface area contributed by atoms with Crippen LogP contribution in [0.3, 0.4) is 0 Å². The molecule has 0 aliphatic carbocycles. The first-order valence-electron chi connectivity index (χ1n) is 8.96. The maximum absolute atomic E-state index is 13.0. The minimum Gasteiger partial charge on any atom is -0.504 e. The van der Waals surface area contributed by atoms with Crippen LogP contribution < -0.4 is 4.74 Å². The Balaban J connectivity index is 1.53. The molecule has 1 aliphatic heterocycles. The molecule has 1 aliphatic rings. The normalized spacial score (nSPS) is 18.2. The molecule has 1 N–H and O–H groups in total. The van der Waals surface area contributed by atoms with Crippen LogP contribution in [0.5, 0.6) is 11.5 Å². The van der Waals surface area contributed by atoms with Gasteiger partial charge in [-0.2, -0.15) is 0 Å². The summed E-state index contributed by atoms with van der Waals surface area (Å²) in [5, 5.41) is 9.72. The van der Waals surface area contributed by atoms with Crippen LogP contribution in [0.4, 0.5) is 4.39 Å². The summed E-state index contributed by atoms with van der Waals surface area (Å²) >= 11 is 0. The van der Waals surface area contributed by atoms with E-state index in [1.807, 2.05) is 24.3 Å². The van der Waals surface area contributed by atoms with Gasteiger partial charge in [-0.15, -0.1) is 0 Å². The minimum absolute atomic E-state index is 0.170. The zero-order valence-corrected chi connectivity index (χ0v) is 14.7. The second kappa shape index (κ2) is 8.34. The van der Waals surface area contributed by atoms with Gasteiger partial charge in [0.05, 0.1) is 7.11 Å². The number of benzene rings is 2. The van der Waals surface area contributed by atoms with Gasteiger partial charge in [-0.3, -0.25) is 4.90 Å². The lowest BCUT2D eigenvalue weighted by Crippen LogP contribution is -2.35. The Hall–Kier alpha value is -2.07. The topological polar surface area (TPSA) is 32.7 Å². The summed E-state index contributed by atoms with van der Waals surface area (Å²) in [6, 6.07) is 12.4. The zero-order valence-electron chi connectivity index (χ0n) is 14.7. The molecule has 2 aromatic carbocycles. The number of aryl methyl sites for hydroxylation is 1. The molecule has 0 aromatic heterocycles. The molecule has 25 heavy (non-hydrogen) atoms. The van der Waals surface area contributed by atoms with Crippen molar-refractivity contribution in [1.29, 1.82) is 0 Å². The van der Waals surface area contributed by atoms with E-state index in [4.69, 9.17) is 4.74 Å². The van der Waals surface area contributed by atoms with Crippen molar-refractivity contribution in [2.45, 2.75) is 32.2 Å². The Bertz CT molecular complexity index is 687. The summed E-state index contributed by atoms with van der Waals surface area (Å²) in [5.41, 5.74) is 2.37. The summed E-state index contributed by atoms with van der Waals surface area (Å²) in [4.78, 5) is 2.48. The third-order valence-corrected chi connectivity index (χ3v) is 5.01. The molecule has 3 nitrogen and oxygen atoms in total. The van der Waals surface area contributed by atoms with Crippen molar-refractivity contribution in [3.05, 3.63) is 59.4 Å². The van der Waals surface area contributed by atoms with Crippen LogP contribution in [0, 0.1) is 11.7 Å². The number of likely N-dealkylation sites (tertiary alicyclic amines) is 1. The van der Waals surface area contributed by atoms with E-state index in [9.17, 15) is 9.50 Å². The molecule has 1 atom stereocenters. The van der Waals surface area contributed by atoms with Crippen LogP contribution in [0.25, 0.3) is 0 Å². The van der Waals surface area contributed by atoms with Gasteiger partial charge >= 0.3 is 0 Å². The third-order valence-electron chi connectivity index (χ3n) is 5.01. The van der Waals surface area contributed by atoms with Gasteiger partial charge in [0.25, 0.3) is 0 Å². The van der Waals surface area contributed by atoms with Crippen molar-refractivity contribution in [2.24, 2.45) is 5.92 Å². The van der Waals surface area contributed by atoms with Crippen molar-refractivity contribution in [1.82, 2.24) is 4.90 Å². The van der Waals surface area contributed by atoms with Gasteiger partial charge in [-0.05, 0) is 73.5 Å². The predicted molar refractivity (Wildman–Crippen MR) is 97.4 cm³/mol. The molecule has 0 spiro atoms. The van der Waals surface area contributed by atoms with Gasteiger partial charge in [0, 0.05) is 13.1 Å². The number of phenols is 1. The highest BCUT2D eigenvalue weighted by Crippen LogP contribution is 2.28. The van der Waals surface area contributed by atoms with E-state index >= 15 is 0 Å². The van der Waals surface area contributed by atoms with Gasteiger partial charge < -0.3 is 9.84 Å². The SMILES string of the molecule is COc1cc(CN2CCC[C@H](CCc3ccc(F)cc3)C2)ccc1O. The van der Waals surface area contributed by atoms with Crippen LogP contribution in [-0.4, -0.2) is 30.2 Å². The lowest BCUT2D eigenvalue weighted by molar-refractivity contribution is 0.161. The van der Waals surface area contributed by atoms with E-state index in [1.54, 1.807) is 25.3 Å². The minimum atomic E-state index is -0.170. The van der Waals surface area contributed by atoms with Crippen molar-refractivity contribution in [2.75, 3.05) is 20.2 Å². The van der Waals surface area contributed by atoms with Crippen molar-refractivity contribution in [3.8, 4) is 11.5 Å². The van der Waals surface area contributed by atoms with E-state index in [0.29, 0.717) is 11.7 Å². The number of rotatable bonds is 6. The highest BCUT2D eigenvalue weighted by Gasteiger charge is 2.20. The smallest absolute Gasteiger partial charge is 0.160 e. The molecule has 134 valence electrons. The molecule has 0 radical (unpaired) electrons. The van der Waals surface area contributed by atoms with Gasteiger partial charge in [0.1, 0.15) is 5.82 Å². The van der Waals surface area contributed by atoms with Crippen LogP contribution in [0.15, 0.2) is 42.5 Å². The molecule has 1 heterocycles. The Morgan fingerprint density at radius 2 is 1.92 bits per heavy atom. The second-order valence-electron chi connectivity index (χ2n) is 6.91. The lowest BCUT2D eigenvalue weighted by Gasteiger charge is -2.33. The molecular formula is C21H26FNO2. The van der Waals surface area contributed by atoms with Crippen LogP contribution >= 0.6 is 0 Å². The summed E-state index contributed by atoms with van der Waals surface area (Å²) in [7, 11) is 1.57. The monoisotopic (exact) mass is 343 g/mol. The fourth-order valence-electron chi connectivity index (χ4n) is 3.63. The quantitative estimate of drug-likeness (QED) is 0.845. The van der Waals surface area contributed by atoms with E-state index in [2.05, 4.69) is 4.90 Å². The number of piperidine rings is 1. The number of ether oxygens (including phenoxy) is 1. The maximum Gasteiger partial charge on any atom is 0.160 e. The number of hydrogen-bond donors (Lipinski definition) is 1. The molecule has 0 unspecified atom stereocenters. The number of methoxy groups -OCH3 is 1. The maximum atomic E-state index is 13.0. The van der Waals surface area contributed by atoms with Crippen molar-refractivity contribution in [3.63, 3.8) is 0 Å².